The highest BCUT2D eigenvalue weighted by atomic mass is 16.5. The third kappa shape index (κ3) is 1.55. The van der Waals surface area contributed by atoms with Crippen LogP contribution in [0.3, 0.4) is 0 Å². The molecule has 1 N–H and O–H groups in total. The third-order valence-electron chi connectivity index (χ3n) is 3.90. The number of hydrogen-bond donors (Lipinski definition) is 1. The fourth-order valence-electron chi connectivity index (χ4n) is 2.79. The molecule has 19 heavy (non-hydrogen) atoms. The van der Waals surface area contributed by atoms with Crippen molar-refractivity contribution in [3.63, 3.8) is 0 Å². The fraction of sp³-hybridized carbons (Fsp3) is 0.188. The van der Waals surface area contributed by atoms with E-state index in [-0.39, 0.29) is 11.8 Å². The van der Waals surface area contributed by atoms with Crippen LogP contribution in [0.1, 0.15) is 22.6 Å². The summed E-state index contributed by atoms with van der Waals surface area (Å²) in [5.41, 5.74) is 3.44. The number of rotatable bonds is 1. The molecule has 2 aromatic carbocycles. The van der Waals surface area contributed by atoms with Gasteiger partial charge in [-0.05, 0) is 23.3 Å². The molecule has 1 atom stereocenters. The molecular weight excluding hydrogens is 238 g/mol. The Morgan fingerprint density at radius 3 is 2.68 bits per heavy atom. The van der Waals surface area contributed by atoms with Gasteiger partial charge < -0.3 is 10.1 Å². The van der Waals surface area contributed by atoms with Crippen LogP contribution in [0.5, 0.6) is 11.5 Å². The second-order valence-corrected chi connectivity index (χ2v) is 5.01. The molecule has 4 rings (SSSR count). The van der Waals surface area contributed by atoms with Crippen LogP contribution in [-0.2, 0) is 11.2 Å². The second kappa shape index (κ2) is 3.85. The SMILES string of the molecule is O=C1NCC1c1cccc2c1Cc1ccccc1O2. The standard InChI is InChI=1S/C16H13NO2/c18-16-13(9-17-16)11-5-3-7-15-12(11)8-10-4-1-2-6-14(10)19-15/h1-7,13H,8-9H2,(H,17,18). The zero-order chi connectivity index (χ0) is 12.8. The minimum absolute atomic E-state index is 0.0104. The maximum Gasteiger partial charge on any atom is 0.229 e. The minimum atomic E-state index is -0.0104. The van der Waals surface area contributed by atoms with E-state index in [2.05, 4.69) is 11.4 Å². The Hall–Kier alpha value is -2.29. The lowest BCUT2D eigenvalue weighted by molar-refractivity contribution is -0.127. The Bertz CT molecular complexity index is 678. The number of carbonyl (C=O) groups excluding carboxylic acids is 1. The number of nitrogens with one attached hydrogen (secondary N) is 1. The molecule has 1 saturated heterocycles. The smallest absolute Gasteiger partial charge is 0.229 e. The predicted molar refractivity (Wildman–Crippen MR) is 71.5 cm³/mol. The van der Waals surface area contributed by atoms with Crippen molar-refractivity contribution in [2.45, 2.75) is 12.3 Å². The summed E-state index contributed by atoms with van der Waals surface area (Å²) in [7, 11) is 0. The van der Waals surface area contributed by atoms with E-state index in [9.17, 15) is 4.79 Å². The van der Waals surface area contributed by atoms with Crippen molar-refractivity contribution in [3.05, 3.63) is 59.2 Å². The summed E-state index contributed by atoms with van der Waals surface area (Å²) in [6.45, 7) is 0.733. The fourth-order valence-corrected chi connectivity index (χ4v) is 2.79. The molecule has 1 amide bonds. The molecule has 0 radical (unpaired) electrons. The molecule has 0 saturated carbocycles. The lowest BCUT2D eigenvalue weighted by Crippen LogP contribution is -2.46. The Labute approximate surface area is 111 Å². The number of fused-ring (bicyclic) bond motifs is 2. The van der Waals surface area contributed by atoms with Crippen LogP contribution in [0, 0.1) is 0 Å². The number of β-lactam (4-membered cyclic amide) rings is 1. The van der Waals surface area contributed by atoms with Crippen LogP contribution in [-0.4, -0.2) is 12.5 Å². The highest BCUT2D eigenvalue weighted by molar-refractivity contribution is 5.90. The van der Waals surface area contributed by atoms with E-state index in [1.165, 1.54) is 5.56 Å². The summed E-state index contributed by atoms with van der Waals surface area (Å²) in [4.78, 5) is 11.6. The summed E-state index contributed by atoms with van der Waals surface area (Å²) in [6.07, 6.45) is 0.839. The van der Waals surface area contributed by atoms with Crippen molar-refractivity contribution < 1.29 is 9.53 Å². The first-order valence-electron chi connectivity index (χ1n) is 6.48. The number of hydrogen-bond acceptors (Lipinski definition) is 2. The Kier molecular flexibility index (Phi) is 2.15. The molecule has 2 aliphatic rings. The van der Waals surface area contributed by atoms with E-state index >= 15 is 0 Å². The highest BCUT2D eigenvalue weighted by Crippen LogP contribution is 2.40. The Balaban J connectivity index is 1.81. The zero-order valence-electron chi connectivity index (χ0n) is 10.3. The first-order chi connectivity index (χ1) is 9.33. The molecule has 2 aliphatic heterocycles. The largest absolute Gasteiger partial charge is 0.457 e. The van der Waals surface area contributed by atoms with Gasteiger partial charge in [0.15, 0.2) is 0 Å². The van der Waals surface area contributed by atoms with E-state index in [0.717, 1.165) is 35.6 Å². The van der Waals surface area contributed by atoms with Crippen LogP contribution in [0.2, 0.25) is 0 Å². The van der Waals surface area contributed by atoms with Gasteiger partial charge >= 0.3 is 0 Å². The quantitative estimate of drug-likeness (QED) is 0.675. The van der Waals surface area contributed by atoms with Crippen LogP contribution in [0.15, 0.2) is 42.5 Å². The molecular formula is C16H13NO2. The molecule has 94 valence electrons. The molecule has 0 bridgehead atoms. The van der Waals surface area contributed by atoms with Crippen molar-refractivity contribution in [1.29, 1.82) is 0 Å². The maximum absolute atomic E-state index is 11.6. The van der Waals surface area contributed by atoms with Gasteiger partial charge in [-0.15, -0.1) is 0 Å². The van der Waals surface area contributed by atoms with E-state index in [1.54, 1.807) is 0 Å². The van der Waals surface area contributed by atoms with Crippen molar-refractivity contribution in [2.24, 2.45) is 0 Å². The van der Waals surface area contributed by atoms with Crippen molar-refractivity contribution in [1.82, 2.24) is 5.32 Å². The van der Waals surface area contributed by atoms with Gasteiger partial charge in [-0.25, -0.2) is 0 Å². The molecule has 1 unspecified atom stereocenters. The summed E-state index contributed by atoms with van der Waals surface area (Å²) in [5, 5.41) is 2.80. The summed E-state index contributed by atoms with van der Waals surface area (Å²) in [5.74, 6) is 1.91. The Morgan fingerprint density at radius 2 is 1.89 bits per heavy atom. The van der Waals surface area contributed by atoms with Gasteiger partial charge in [-0.2, -0.15) is 0 Å². The van der Waals surface area contributed by atoms with Gasteiger partial charge in [0.2, 0.25) is 5.91 Å². The number of carbonyl (C=O) groups is 1. The summed E-state index contributed by atoms with van der Waals surface area (Å²) >= 11 is 0. The van der Waals surface area contributed by atoms with E-state index in [0.29, 0.717) is 0 Å². The summed E-state index contributed by atoms with van der Waals surface area (Å²) < 4.78 is 5.94. The lowest BCUT2D eigenvalue weighted by Gasteiger charge is -2.30. The van der Waals surface area contributed by atoms with Gasteiger partial charge in [-0.1, -0.05) is 30.3 Å². The van der Waals surface area contributed by atoms with Crippen molar-refractivity contribution >= 4 is 5.91 Å². The first-order valence-corrected chi connectivity index (χ1v) is 6.48. The molecule has 3 heteroatoms. The molecule has 2 heterocycles. The molecule has 0 aliphatic carbocycles. The maximum atomic E-state index is 11.6. The Morgan fingerprint density at radius 1 is 1.05 bits per heavy atom. The first kappa shape index (κ1) is 10.6. The number of amides is 1. The van der Waals surface area contributed by atoms with Crippen LogP contribution in [0.4, 0.5) is 0 Å². The normalized spacial score (nSPS) is 19.6. The lowest BCUT2D eigenvalue weighted by atomic mass is 9.85. The average Bonchev–Trinajstić information content (AvgIpc) is 2.44. The number of benzene rings is 2. The monoisotopic (exact) mass is 251 g/mol. The predicted octanol–water partition coefficient (Wildman–Crippen LogP) is 2.60. The van der Waals surface area contributed by atoms with Crippen LogP contribution >= 0.6 is 0 Å². The third-order valence-corrected chi connectivity index (χ3v) is 3.90. The van der Waals surface area contributed by atoms with Gasteiger partial charge in [0.05, 0.1) is 5.92 Å². The number of ether oxygens (including phenoxy) is 1. The van der Waals surface area contributed by atoms with Gasteiger partial charge in [-0.3, -0.25) is 4.79 Å². The van der Waals surface area contributed by atoms with Crippen molar-refractivity contribution in [3.8, 4) is 11.5 Å². The van der Waals surface area contributed by atoms with Crippen LogP contribution in [0.25, 0.3) is 0 Å². The van der Waals surface area contributed by atoms with E-state index in [4.69, 9.17) is 4.74 Å². The van der Waals surface area contributed by atoms with E-state index in [1.807, 2.05) is 36.4 Å². The minimum Gasteiger partial charge on any atom is -0.457 e. The van der Waals surface area contributed by atoms with Gasteiger partial charge in [0.25, 0.3) is 0 Å². The molecule has 0 aromatic heterocycles. The summed E-state index contributed by atoms with van der Waals surface area (Å²) in [6, 6.07) is 14.0. The topological polar surface area (TPSA) is 38.3 Å². The molecule has 0 spiro atoms. The zero-order valence-corrected chi connectivity index (χ0v) is 10.3. The highest BCUT2D eigenvalue weighted by Gasteiger charge is 2.33. The van der Waals surface area contributed by atoms with Crippen LogP contribution < -0.4 is 10.1 Å². The van der Waals surface area contributed by atoms with Crippen molar-refractivity contribution in [2.75, 3.05) is 6.54 Å². The second-order valence-electron chi connectivity index (χ2n) is 5.01. The molecule has 1 fully saturated rings. The molecule has 3 nitrogen and oxygen atoms in total. The van der Waals surface area contributed by atoms with E-state index < -0.39 is 0 Å². The average molecular weight is 251 g/mol. The molecule has 2 aromatic rings. The number of para-hydroxylation sites is 1. The van der Waals surface area contributed by atoms with Gasteiger partial charge in [0.1, 0.15) is 11.5 Å². The van der Waals surface area contributed by atoms with Gasteiger partial charge in [0, 0.05) is 18.5 Å².